The summed E-state index contributed by atoms with van der Waals surface area (Å²) in [4.78, 5) is 12.4. The zero-order chi connectivity index (χ0) is 20.6. The normalized spacial score (nSPS) is 10.9. The first kappa shape index (κ1) is 20.1. The third-order valence-electron chi connectivity index (χ3n) is 4.10. The number of aryl methyl sites for hydroxylation is 1. The minimum absolute atomic E-state index is 0.248. The zero-order valence-electron chi connectivity index (χ0n) is 16.6. The van der Waals surface area contributed by atoms with Crippen molar-refractivity contribution in [2.75, 3.05) is 18.5 Å². The molecule has 7 nitrogen and oxygen atoms in total. The lowest BCUT2D eigenvalue weighted by molar-refractivity contribution is -0.111. The number of nitrogens with zero attached hydrogens (tertiary/aromatic N) is 2. The van der Waals surface area contributed by atoms with Gasteiger partial charge < -0.3 is 19.2 Å². The molecule has 0 unspecified atom stereocenters. The van der Waals surface area contributed by atoms with Crippen LogP contribution in [0.1, 0.15) is 25.0 Å². The van der Waals surface area contributed by atoms with Crippen LogP contribution in [-0.4, -0.2) is 29.3 Å². The van der Waals surface area contributed by atoms with E-state index in [1.165, 1.54) is 12.5 Å². The molecule has 0 bridgehead atoms. The Labute approximate surface area is 169 Å². The smallest absolute Gasteiger partial charge is 0.248 e. The zero-order valence-corrected chi connectivity index (χ0v) is 16.6. The maximum absolute atomic E-state index is 12.4. The number of benzene rings is 2. The van der Waals surface area contributed by atoms with Crippen LogP contribution in [0.25, 0.3) is 17.5 Å². The number of rotatable bonds is 8. The summed E-state index contributed by atoms with van der Waals surface area (Å²) in [6, 6.07) is 11.1. The highest BCUT2D eigenvalue weighted by atomic mass is 16.5. The molecule has 0 radical (unpaired) electrons. The SMILES string of the molecule is CCOc1ccc(/C=C/C(=O)Nc2cc(-c3nnco3)ccc2C)cc1OCC. The minimum Gasteiger partial charge on any atom is -0.490 e. The van der Waals surface area contributed by atoms with Crippen molar-refractivity contribution in [2.24, 2.45) is 0 Å². The molecule has 0 aliphatic heterocycles. The number of carbonyl (C=O) groups excluding carboxylic acids is 1. The molecule has 29 heavy (non-hydrogen) atoms. The molecule has 1 aromatic heterocycles. The quantitative estimate of drug-likeness (QED) is 0.567. The summed E-state index contributed by atoms with van der Waals surface area (Å²) in [5.74, 6) is 1.49. The van der Waals surface area contributed by atoms with Gasteiger partial charge in [0.05, 0.1) is 13.2 Å². The first-order valence-electron chi connectivity index (χ1n) is 9.36. The molecule has 2 aromatic carbocycles. The van der Waals surface area contributed by atoms with Crippen molar-refractivity contribution >= 4 is 17.7 Å². The molecule has 1 heterocycles. The molecule has 1 N–H and O–H groups in total. The van der Waals surface area contributed by atoms with Crippen LogP contribution < -0.4 is 14.8 Å². The monoisotopic (exact) mass is 393 g/mol. The van der Waals surface area contributed by atoms with Gasteiger partial charge in [-0.3, -0.25) is 4.79 Å². The Kier molecular flexibility index (Phi) is 6.63. The maximum atomic E-state index is 12.4. The summed E-state index contributed by atoms with van der Waals surface area (Å²) < 4.78 is 16.4. The lowest BCUT2D eigenvalue weighted by atomic mass is 10.1. The molecule has 150 valence electrons. The van der Waals surface area contributed by atoms with Crippen molar-refractivity contribution in [3.63, 3.8) is 0 Å². The summed E-state index contributed by atoms with van der Waals surface area (Å²) in [7, 11) is 0. The molecule has 0 aliphatic carbocycles. The van der Waals surface area contributed by atoms with Crippen LogP contribution in [0.2, 0.25) is 0 Å². The van der Waals surface area contributed by atoms with Gasteiger partial charge in [0.2, 0.25) is 18.2 Å². The topological polar surface area (TPSA) is 86.5 Å². The number of amides is 1. The average molecular weight is 393 g/mol. The molecule has 1 amide bonds. The van der Waals surface area contributed by atoms with Crippen molar-refractivity contribution in [3.8, 4) is 23.0 Å². The van der Waals surface area contributed by atoms with Gasteiger partial charge in [-0.2, -0.15) is 0 Å². The first-order valence-corrected chi connectivity index (χ1v) is 9.36. The fourth-order valence-corrected chi connectivity index (χ4v) is 2.71. The third kappa shape index (κ3) is 5.22. The minimum atomic E-state index is -0.248. The van der Waals surface area contributed by atoms with Gasteiger partial charge in [0.15, 0.2) is 11.5 Å². The van der Waals surface area contributed by atoms with Crippen LogP contribution in [0, 0.1) is 6.92 Å². The van der Waals surface area contributed by atoms with Crippen LogP contribution in [0.3, 0.4) is 0 Å². The molecule has 0 saturated carbocycles. The van der Waals surface area contributed by atoms with E-state index >= 15 is 0 Å². The van der Waals surface area contributed by atoms with E-state index in [-0.39, 0.29) is 5.91 Å². The number of aromatic nitrogens is 2. The van der Waals surface area contributed by atoms with Crippen molar-refractivity contribution in [3.05, 3.63) is 60.0 Å². The van der Waals surface area contributed by atoms with E-state index < -0.39 is 0 Å². The van der Waals surface area contributed by atoms with E-state index in [1.54, 1.807) is 12.1 Å². The van der Waals surface area contributed by atoms with Gasteiger partial charge in [-0.25, -0.2) is 0 Å². The number of ether oxygens (including phenoxy) is 2. The van der Waals surface area contributed by atoms with Crippen molar-refractivity contribution in [1.82, 2.24) is 10.2 Å². The molecule has 0 fully saturated rings. The van der Waals surface area contributed by atoms with Crippen LogP contribution in [0.15, 0.2) is 53.3 Å². The highest BCUT2D eigenvalue weighted by molar-refractivity contribution is 6.02. The Morgan fingerprint density at radius 3 is 2.62 bits per heavy atom. The number of anilines is 1. The van der Waals surface area contributed by atoms with Crippen LogP contribution in [0.5, 0.6) is 11.5 Å². The highest BCUT2D eigenvalue weighted by Gasteiger charge is 2.09. The Hall–Kier alpha value is -3.61. The number of hydrogen-bond donors (Lipinski definition) is 1. The molecule has 0 atom stereocenters. The van der Waals surface area contributed by atoms with Gasteiger partial charge >= 0.3 is 0 Å². The summed E-state index contributed by atoms with van der Waals surface area (Å²) in [6.45, 7) is 6.83. The summed E-state index contributed by atoms with van der Waals surface area (Å²) >= 11 is 0. The van der Waals surface area contributed by atoms with E-state index in [2.05, 4.69) is 15.5 Å². The highest BCUT2D eigenvalue weighted by Crippen LogP contribution is 2.29. The second kappa shape index (κ2) is 9.54. The molecule has 3 aromatic rings. The molecule has 0 saturated heterocycles. The predicted octanol–water partition coefficient (Wildman–Crippen LogP) is 4.49. The van der Waals surface area contributed by atoms with Crippen molar-refractivity contribution in [2.45, 2.75) is 20.8 Å². The lowest BCUT2D eigenvalue weighted by Gasteiger charge is -2.11. The Morgan fingerprint density at radius 1 is 1.10 bits per heavy atom. The Balaban J connectivity index is 1.73. The Bertz CT molecular complexity index is 997. The second-order valence-corrected chi connectivity index (χ2v) is 6.17. The van der Waals surface area contributed by atoms with E-state index in [9.17, 15) is 4.79 Å². The summed E-state index contributed by atoms with van der Waals surface area (Å²) in [5, 5.41) is 10.5. The standard InChI is InChI=1S/C22H23N3O4/c1-4-27-19-10-7-16(12-20(19)28-5-2)8-11-21(26)24-18-13-17(9-6-15(18)3)22-25-23-14-29-22/h6-14H,4-5H2,1-3H3,(H,24,26)/b11-8+. The summed E-state index contributed by atoms with van der Waals surface area (Å²) in [6.07, 6.45) is 4.47. The summed E-state index contributed by atoms with van der Waals surface area (Å²) in [5.41, 5.74) is 3.18. The van der Waals surface area contributed by atoms with Gasteiger partial charge in [-0.1, -0.05) is 12.1 Å². The van der Waals surface area contributed by atoms with Crippen LogP contribution >= 0.6 is 0 Å². The Morgan fingerprint density at radius 2 is 1.90 bits per heavy atom. The molecule has 3 rings (SSSR count). The molecule has 7 heteroatoms. The van der Waals surface area contributed by atoms with Crippen molar-refractivity contribution < 1.29 is 18.7 Å². The maximum Gasteiger partial charge on any atom is 0.248 e. The predicted molar refractivity (Wildman–Crippen MR) is 111 cm³/mol. The van der Waals surface area contributed by atoms with Gasteiger partial charge in [-0.05, 0) is 62.2 Å². The second-order valence-electron chi connectivity index (χ2n) is 6.17. The lowest BCUT2D eigenvalue weighted by Crippen LogP contribution is -2.09. The van der Waals surface area contributed by atoms with E-state index in [4.69, 9.17) is 13.9 Å². The van der Waals surface area contributed by atoms with Gasteiger partial charge in [0.25, 0.3) is 0 Å². The van der Waals surface area contributed by atoms with E-state index in [0.717, 1.165) is 16.7 Å². The van der Waals surface area contributed by atoms with E-state index in [1.807, 2.05) is 51.1 Å². The van der Waals surface area contributed by atoms with Crippen LogP contribution in [-0.2, 0) is 4.79 Å². The number of nitrogens with one attached hydrogen (secondary N) is 1. The fraction of sp³-hybridized carbons (Fsp3) is 0.227. The third-order valence-corrected chi connectivity index (χ3v) is 4.10. The molecule has 0 spiro atoms. The first-order chi connectivity index (χ1) is 14.1. The number of carbonyl (C=O) groups is 1. The van der Waals surface area contributed by atoms with Gasteiger partial charge in [0.1, 0.15) is 0 Å². The fourth-order valence-electron chi connectivity index (χ4n) is 2.71. The molecular formula is C22H23N3O4. The number of hydrogen-bond acceptors (Lipinski definition) is 6. The van der Waals surface area contributed by atoms with Crippen LogP contribution in [0.4, 0.5) is 5.69 Å². The van der Waals surface area contributed by atoms with Crippen molar-refractivity contribution in [1.29, 1.82) is 0 Å². The van der Waals surface area contributed by atoms with E-state index in [0.29, 0.717) is 36.3 Å². The van der Waals surface area contributed by atoms with Gasteiger partial charge in [0, 0.05) is 17.3 Å². The molecular weight excluding hydrogens is 370 g/mol. The average Bonchev–Trinajstić information content (AvgIpc) is 3.25. The van der Waals surface area contributed by atoms with Gasteiger partial charge in [-0.15, -0.1) is 10.2 Å². The largest absolute Gasteiger partial charge is 0.490 e. The molecule has 0 aliphatic rings.